The van der Waals surface area contributed by atoms with Gasteiger partial charge in [-0.1, -0.05) is 0 Å². The van der Waals surface area contributed by atoms with Crippen LogP contribution >= 0.6 is 28.1 Å². The zero-order chi connectivity index (χ0) is 18.7. The van der Waals surface area contributed by atoms with Crippen LogP contribution in [0.1, 0.15) is 26.3 Å². The minimum absolute atomic E-state index is 0.188. The van der Waals surface area contributed by atoms with Gasteiger partial charge in [0.25, 0.3) is 0 Å². The second-order valence-corrected chi connectivity index (χ2v) is 5.84. The fraction of sp³-hybridized carbons (Fsp3) is 0.438. The number of ether oxygens (including phenoxy) is 3. The normalized spacial score (nSPS) is 10.4. The smallest absolute Gasteiger partial charge is 0.344 e. The van der Waals surface area contributed by atoms with E-state index in [0.29, 0.717) is 36.4 Å². The summed E-state index contributed by atoms with van der Waals surface area (Å²) in [4.78, 5) is 11.4. The molecule has 138 valence electrons. The van der Waals surface area contributed by atoms with E-state index in [9.17, 15) is 4.79 Å². The van der Waals surface area contributed by atoms with Gasteiger partial charge in [0.1, 0.15) is 0 Å². The molecule has 1 aromatic rings. The molecular formula is C16H22BrN3O4S. The number of hydrogen-bond acceptors (Lipinski definition) is 6. The van der Waals surface area contributed by atoms with Crippen LogP contribution in [0.4, 0.5) is 0 Å². The quantitative estimate of drug-likeness (QED) is 0.269. The van der Waals surface area contributed by atoms with Crippen LogP contribution in [0, 0.1) is 0 Å². The van der Waals surface area contributed by atoms with Crippen molar-refractivity contribution in [1.82, 2.24) is 10.7 Å². The fourth-order valence-electron chi connectivity index (χ4n) is 1.73. The molecule has 0 radical (unpaired) electrons. The van der Waals surface area contributed by atoms with Crippen molar-refractivity contribution in [2.75, 3.05) is 26.4 Å². The van der Waals surface area contributed by atoms with Gasteiger partial charge in [-0.3, -0.25) is 5.43 Å². The molecule has 0 heterocycles. The van der Waals surface area contributed by atoms with Crippen LogP contribution in [-0.2, 0) is 9.53 Å². The minimum Gasteiger partial charge on any atom is -0.490 e. The maximum Gasteiger partial charge on any atom is 0.344 e. The summed E-state index contributed by atoms with van der Waals surface area (Å²) in [5.41, 5.74) is 3.48. The Labute approximate surface area is 161 Å². The van der Waals surface area contributed by atoms with Crippen LogP contribution < -0.4 is 20.2 Å². The second kappa shape index (κ2) is 11.6. The predicted molar refractivity (Wildman–Crippen MR) is 104 cm³/mol. The Balaban J connectivity index is 2.87. The topological polar surface area (TPSA) is 81.2 Å². The van der Waals surface area contributed by atoms with Crippen LogP contribution in [0.25, 0.3) is 0 Å². The predicted octanol–water partition coefficient (Wildman–Crippen LogP) is 2.61. The first-order valence-electron chi connectivity index (χ1n) is 7.83. The lowest BCUT2D eigenvalue weighted by Crippen LogP contribution is -2.31. The highest BCUT2D eigenvalue weighted by atomic mass is 79.9. The Morgan fingerprint density at radius 1 is 1.24 bits per heavy atom. The largest absolute Gasteiger partial charge is 0.490 e. The van der Waals surface area contributed by atoms with Crippen molar-refractivity contribution in [3.05, 3.63) is 22.2 Å². The summed E-state index contributed by atoms with van der Waals surface area (Å²) < 4.78 is 16.6. The van der Waals surface area contributed by atoms with Crippen LogP contribution in [0.5, 0.6) is 11.5 Å². The molecule has 1 rings (SSSR count). The minimum atomic E-state index is -0.437. The Morgan fingerprint density at radius 3 is 2.60 bits per heavy atom. The molecule has 9 heteroatoms. The number of thiocarbonyl (C=S) groups is 1. The molecule has 0 saturated carbocycles. The van der Waals surface area contributed by atoms with E-state index in [-0.39, 0.29) is 6.61 Å². The molecule has 0 bridgehead atoms. The number of nitrogens with one attached hydrogen (secondary N) is 2. The van der Waals surface area contributed by atoms with E-state index in [1.165, 1.54) is 0 Å². The monoisotopic (exact) mass is 431 g/mol. The van der Waals surface area contributed by atoms with Crippen molar-refractivity contribution < 1.29 is 19.0 Å². The lowest BCUT2D eigenvalue weighted by Gasteiger charge is -2.13. The first kappa shape index (κ1) is 21.2. The summed E-state index contributed by atoms with van der Waals surface area (Å²) in [5.74, 6) is 0.508. The molecular weight excluding hydrogens is 410 g/mol. The Hall–Kier alpha value is -1.87. The third-order valence-corrected chi connectivity index (χ3v) is 3.64. The van der Waals surface area contributed by atoms with Crippen LogP contribution in [0.15, 0.2) is 21.7 Å². The van der Waals surface area contributed by atoms with Crippen molar-refractivity contribution in [2.24, 2.45) is 5.10 Å². The van der Waals surface area contributed by atoms with E-state index in [0.717, 1.165) is 10.0 Å². The molecule has 25 heavy (non-hydrogen) atoms. The van der Waals surface area contributed by atoms with Gasteiger partial charge in [-0.2, -0.15) is 5.10 Å². The van der Waals surface area contributed by atoms with Crippen LogP contribution in [-0.4, -0.2) is 43.7 Å². The summed E-state index contributed by atoms with van der Waals surface area (Å²) >= 11 is 8.48. The number of hydrazone groups is 1. The van der Waals surface area contributed by atoms with E-state index in [1.807, 2.05) is 13.8 Å². The number of carbonyl (C=O) groups excluding carboxylic acids is 1. The third kappa shape index (κ3) is 7.70. The number of hydrogen-bond donors (Lipinski definition) is 2. The number of benzene rings is 1. The van der Waals surface area contributed by atoms with Crippen molar-refractivity contribution in [3.8, 4) is 11.5 Å². The van der Waals surface area contributed by atoms with Gasteiger partial charge in [-0.25, -0.2) is 4.79 Å². The lowest BCUT2D eigenvalue weighted by molar-refractivity contribution is -0.145. The summed E-state index contributed by atoms with van der Waals surface area (Å²) in [5, 5.41) is 7.44. The highest BCUT2D eigenvalue weighted by Crippen LogP contribution is 2.33. The van der Waals surface area contributed by atoms with Gasteiger partial charge in [0, 0.05) is 16.6 Å². The number of carbonyl (C=O) groups is 1. The molecule has 0 atom stereocenters. The van der Waals surface area contributed by atoms with Gasteiger partial charge in [0.2, 0.25) is 0 Å². The average Bonchev–Trinajstić information content (AvgIpc) is 2.56. The lowest BCUT2D eigenvalue weighted by atomic mass is 10.2. The standard InChI is InChI=1S/C16H22BrN3O4S/c1-4-18-16(25)20-19-9-11-7-13(22-5-2)14(8-12(11)17)24-10-15(21)23-6-3/h7-9H,4-6,10H2,1-3H3,(H2,18,20,25). The summed E-state index contributed by atoms with van der Waals surface area (Å²) in [6, 6.07) is 3.48. The van der Waals surface area contributed by atoms with Crippen molar-refractivity contribution in [2.45, 2.75) is 20.8 Å². The van der Waals surface area contributed by atoms with Gasteiger partial charge in [-0.05, 0) is 61.1 Å². The number of halogens is 1. The second-order valence-electron chi connectivity index (χ2n) is 4.58. The average molecular weight is 432 g/mol. The zero-order valence-corrected chi connectivity index (χ0v) is 16.8. The maximum atomic E-state index is 11.4. The molecule has 1 aromatic carbocycles. The SMILES string of the molecule is CCNC(=S)NN=Cc1cc(OCC)c(OCC(=O)OCC)cc1Br. The molecule has 0 aromatic heterocycles. The summed E-state index contributed by atoms with van der Waals surface area (Å²) in [6.07, 6.45) is 1.60. The van der Waals surface area contributed by atoms with E-state index in [4.69, 9.17) is 26.4 Å². The first-order valence-corrected chi connectivity index (χ1v) is 9.03. The zero-order valence-electron chi connectivity index (χ0n) is 14.4. The molecule has 0 aliphatic rings. The van der Waals surface area contributed by atoms with Crippen molar-refractivity contribution in [3.63, 3.8) is 0 Å². The van der Waals surface area contributed by atoms with E-state index in [2.05, 4.69) is 31.8 Å². The van der Waals surface area contributed by atoms with E-state index >= 15 is 0 Å². The summed E-state index contributed by atoms with van der Waals surface area (Å²) in [6.45, 7) is 6.83. The Kier molecular flexibility index (Phi) is 9.86. The molecule has 0 amide bonds. The molecule has 0 saturated heterocycles. The van der Waals surface area contributed by atoms with Crippen molar-refractivity contribution >= 4 is 45.4 Å². The maximum absolute atomic E-state index is 11.4. The van der Waals surface area contributed by atoms with Crippen LogP contribution in [0.3, 0.4) is 0 Å². The molecule has 2 N–H and O–H groups in total. The van der Waals surface area contributed by atoms with Gasteiger partial charge in [0.15, 0.2) is 23.2 Å². The summed E-state index contributed by atoms with van der Waals surface area (Å²) in [7, 11) is 0. The molecule has 0 fully saturated rings. The molecule has 0 unspecified atom stereocenters. The highest BCUT2D eigenvalue weighted by Gasteiger charge is 2.12. The Morgan fingerprint density at radius 2 is 1.96 bits per heavy atom. The molecule has 7 nitrogen and oxygen atoms in total. The van der Waals surface area contributed by atoms with Gasteiger partial charge < -0.3 is 19.5 Å². The van der Waals surface area contributed by atoms with Gasteiger partial charge >= 0.3 is 5.97 Å². The fourth-order valence-corrected chi connectivity index (χ4v) is 2.35. The van der Waals surface area contributed by atoms with Crippen molar-refractivity contribution in [1.29, 1.82) is 0 Å². The molecule has 0 aliphatic carbocycles. The molecule has 0 aliphatic heterocycles. The van der Waals surface area contributed by atoms with E-state index < -0.39 is 5.97 Å². The van der Waals surface area contributed by atoms with Gasteiger partial charge in [-0.15, -0.1) is 0 Å². The number of rotatable bonds is 9. The first-order chi connectivity index (χ1) is 12.0. The number of nitrogens with zero attached hydrogens (tertiary/aromatic N) is 1. The Bertz CT molecular complexity index is 626. The van der Waals surface area contributed by atoms with Gasteiger partial charge in [0.05, 0.1) is 19.4 Å². The number of esters is 1. The van der Waals surface area contributed by atoms with Crippen LogP contribution in [0.2, 0.25) is 0 Å². The third-order valence-electron chi connectivity index (χ3n) is 2.72. The molecule has 0 spiro atoms. The highest BCUT2D eigenvalue weighted by molar-refractivity contribution is 9.10. The van der Waals surface area contributed by atoms with E-state index in [1.54, 1.807) is 25.3 Å².